The van der Waals surface area contributed by atoms with Crippen LogP contribution in [-0.2, 0) is 0 Å². The number of benzene rings is 9. The van der Waals surface area contributed by atoms with E-state index in [1.165, 1.54) is 236 Å². The van der Waals surface area contributed by atoms with E-state index in [0.29, 0.717) is 17.5 Å². The van der Waals surface area contributed by atoms with Gasteiger partial charge in [-0.15, -0.1) is 71.0 Å². The lowest BCUT2D eigenvalue weighted by molar-refractivity contribution is 0.675. The fourth-order valence-corrected chi connectivity index (χ4v) is 18.3. The van der Waals surface area contributed by atoms with E-state index in [2.05, 4.69) is 303 Å². The van der Waals surface area contributed by atoms with E-state index in [4.69, 9.17) is 19.4 Å². The number of nitrogens with zero attached hydrogens (tertiary/aromatic N) is 4. The second kappa shape index (κ2) is 26.6. The molecule has 0 bridgehead atoms. The number of rotatable bonds is 9. The van der Waals surface area contributed by atoms with Gasteiger partial charge in [-0.05, 0) is 38.8 Å². The molecule has 0 atom stereocenters. The Labute approximate surface area is 631 Å². The van der Waals surface area contributed by atoms with Gasteiger partial charge < -0.3 is 9.32 Å². The normalized spacial score (nSPS) is 11.5. The van der Waals surface area contributed by atoms with Gasteiger partial charge in [-0.3, -0.25) is 0 Å². The number of hydrogen-bond acceptors (Lipinski definition) is 5. The third-order valence-electron chi connectivity index (χ3n) is 27.5. The summed E-state index contributed by atoms with van der Waals surface area (Å²) in [6, 6.07) is 0. The molecule has 444 valence electrons. The molecular formula is C57H76B38N4O. The molecule has 0 aliphatic rings. The van der Waals surface area contributed by atoms with Gasteiger partial charge in [0.1, 0.15) is 309 Å². The van der Waals surface area contributed by atoms with Gasteiger partial charge in [0.2, 0.25) is 0 Å². The van der Waals surface area contributed by atoms with E-state index < -0.39 is 0 Å². The first-order chi connectivity index (χ1) is 46.5. The Morgan fingerprint density at radius 2 is 0.330 bits per heavy atom. The number of anilines is 3. The Hall–Kier alpha value is -5.94. The molecule has 0 amide bonds. The van der Waals surface area contributed by atoms with Gasteiger partial charge in [0, 0.05) is 44.5 Å². The van der Waals surface area contributed by atoms with Gasteiger partial charge in [0.05, 0.1) is 0 Å². The summed E-state index contributed by atoms with van der Waals surface area (Å²) in [5.74, 6) is 2.04. The highest BCUT2D eigenvalue weighted by molar-refractivity contribution is 6.77. The van der Waals surface area contributed by atoms with Crippen LogP contribution in [0, 0.1) is 0 Å². The van der Waals surface area contributed by atoms with Gasteiger partial charge in [-0.1, -0.05) is 131 Å². The van der Waals surface area contributed by atoms with Crippen molar-refractivity contribution in [2.45, 2.75) is 0 Å². The highest BCUT2D eigenvalue weighted by Crippen LogP contribution is 2.36. The number of furan rings is 1. The predicted molar refractivity (Wildman–Crippen MR) is 565 cm³/mol. The van der Waals surface area contributed by atoms with E-state index in [0.717, 1.165) is 60.6 Å². The maximum absolute atomic E-state index is 7.59. The average molecular weight is 1240 g/mol. The summed E-state index contributed by atoms with van der Waals surface area (Å²) in [4.78, 5) is 20.2. The summed E-state index contributed by atoms with van der Waals surface area (Å²) >= 11 is 0. The molecule has 0 radical (unpaired) electrons. The molecule has 5 nitrogen and oxygen atoms in total. The molecule has 0 fully saturated rings. The average Bonchev–Trinajstić information content (AvgIpc) is 1.39. The summed E-state index contributed by atoms with van der Waals surface area (Å²) in [6.45, 7) is 0. The molecular weight excluding hydrogens is 1170 g/mol. The molecule has 9 aromatic carbocycles. The SMILES string of the molecule is Bc1c(B)c(B)c(-c2nc(-c3c(B)c(B)c(B)c(B)c3B)nc(-c3c(B)c(-c4c(B)c(B)c(N(c5c(B)c(B)c(-c6c(B)c(B)c(B)c(B)c6B)c(B)c5B)c5c(B)c(B)c(-c6c(B)c(B)c(B)c(B)c6B)c(B)c5B)c(B)c4B)c(B)c4oc5c(B)c(B)c(B)c(B)c5c34)n2)c(B)c1B. The fourth-order valence-electron chi connectivity index (χ4n) is 18.3. The molecule has 11 aromatic rings. The first-order valence-corrected chi connectivity index (χ1v) is 36.7. The van der Waals surface area contributed by atoms with Crippen molar-refractivity contribution in [2.24, 2.45) is 0 Å². The van der Waals surface area contributed by atoms with E-state index >= 15 is 0 Å². The number of fused-ring (bicyclic) bond motifs is 3. The van der Waals surface area contributed by atoms with Crippen LogP contribution in [0.15, 0.2) is 4.42 Å². The fraction of sp³-hybridized carbons (Fsp3) is 0. The van der Waals surface area contributed by atoms with Crippen LogP contribution in [0.2, 0.25) is 0 Å². The first-order valence-electron chi connectivity index (χ1n) is 36.7. The Balaban J connectivity index is 1.31. The monoisotopic (exact) mass is 1250 g/mol. The quantitative estimate of drug-likeness (QED) is 0.135. The molecule has 0 saturated carbocycles. The summed E-state index contributed by atoms with van der Waals surface area (Å²) in [5, 5.41) is 2.19. The minimum atomic E-state index is 0.653. The molecule has 0 aliphatic carbocycles. The van der Waals surface area contributed by atoms with Gasteiger partial charge >= 0.3 is 0 Å². The molecule has 0 aliphatic heterocycles. The van der Waals surface area contributed by atoms with Crippen molar-refractivity contribution >= 4 is 545 Å². The van der Waals surface area contributed by atoms with Crippen molar-refractivity contribution in [3.63, 3.8) is 0 Å². The Bertz CT molecular complexity index is 5190. The molecule has 0 spiro atoms. The Morgan fingerprint density at radius 1 is 0.150 bits per heavy atom. The predicted octanol–water partition coefficient (Wildman–Crippen LogP) is -50.9. The zero-order valence-electron chi connectivity index (χ0n) is 68.7. The number of hydrogen-bond donors (Lipinski definition) is 0. The minimum absolute atomic E-state index is 0.653. The summed E-state index contributed by atoms with van der Waals surface area (Å²) in [5.41, 5.74) is 65.3. The second-order valence-electron chi connectivity index (χ2n) is 31.3. The summed E-state index contributed by atoms with van der Waals surface area (Å²) < 4.78 is 7.59. The molecule has 2 aromatic heterocycles. The van der Waals surface area contributed by atoms with Gasteiger partial charge in [0.15, 0.2) is 17.5 Å². The largest absolute Gasteiger partial charge is 0.457 e. The third kappa shape index (κ3) is 10.8. The Kier molecular flexibility index (Phi) is 20.0. The summed E-state index contributed by atoms with van der Waals surface area (Å²) in [7, 11) is 88.2. The lowest BCUT2D eigenvalue weighted by Gasteiger charge is -2.40. The Morgan fingerprint density at radius 3 is 0.590 bits per heavy atom. The van der Waals surface area contributed by atoms with E-state index in [1.807, 2.05) is 0 Å². The lowest BCUT2D eigenvalue weighted by atomic mass is 9.56. The van der Waals surface area contributed by atoms with Gasteiger partial charge in [-0.2, -0.15) is 0 Å². The van der Waals surface area contributed by atoms with Crippen LogP contribution < -0.4 is 212 Å². The van der Waals surface area contributed by atoms with Crippen LogP contribution in [-0.4, -0.2) is 313 Å². The van der Waals surface area contributed by atoms with Crippen molar-refractivity contribution in [2.75, 3.05) is 4.90 Å². The second-order valence-corrected chi connectivity index (χ2v) is 31.3. The maximum atomic E-state index is 7.59. The summed E-state index contributed by atoms with van der Waals surface area (Å²) in [6.07, 6.45) is 0. The number of aromatic nitrogens is 3. The van der Waals surface area contributed by atoms with Gasteiger partial charge in [0.25, 0.3) is 0 Å². The standard InChI is InChI=1S/C57H76B38N4O/c58-12-2(28(74)53-1(8-23(69)33(79)42(88)49(95)54(8)100-53)9(12)55-96-56(10-24(70)34(80)40(86)35(81)25(10)71)98-57(97-55)11-26(72)36(82)41(87)37(83)27(11)73)3-17(63)43(89)50(44(90)18(3)64)99(51-45(91)19(65)6(20(66)46(51)92)4-13(59)29(75)38(84)30(76)14(4)60)52-47(93)21(67)7(22(68)48(52)94)5-15(61)31(77)39(85)32(78)16(5)62/h58-95H2. The molecule has 2 heterocycles. The maximum Gasteiger partial charge on any atom is 0.164 e. The third-order valence-corrected chi connectivity index (χ3v) is 27.5. The van der Waals surface area contributed by atoms with Crippen LogP contribution in [0.3, 0.4) is 0 Å². The van der Waals surface area contributed by atoms with Crippen LogP contribution in [0.25, 0.3) is 89.5 Å². The minimum Gasteiger partial charge on any atom is -0.457 e. The molecule has 0 unspecified atom stereocenters. The molecule has 0 saturated heterocycles. The van der Waals surface area contributed by atoms with Crippen LogP contribution >= 0.6 is 0 Å². The van der Waals surface area contributed by atoms with Crippen molar-refractivity contribution in [3.8, 4) is 67.5 Å². The molecule has 0 N–H and O–H groups in total. The zero-order chi connectivity index (χ0) is 74.3. The van der Waals surface area contributed by atoms with Crippen LogP contribution in [0.4, 0.5) is 17.1 Å². The smallest absolute Gasteiger partial charge is 0.164 e. The zero-order valence-corrected chi connectivity index (χ0v) is 68.7. The van der Waals surface area contributed by atoms with Crippen LogP contribution in [0.5, 0.6) is 0 Å². The highest BCUT2D eigenvalue weighted by Gasteiger charge is 2.35. The van der Waals surface area contributed by atoms with E-state index in [-0.39, 0.29) is 0 Å². The van der Waals surface area contributed by atoms with E-state index in [9.17, 15) is 0 Å². The van der Waals surface area contributed by atoms with Crippen LogP contribution in [0.1, 0.15) is 0 Å². The first kappa shape index (κ1) is 75.2. The van der Waals surface area contributed by atoms with Gasteiger partial charge in [-0.25, -0.2) is 15.0 Å². The van der Waals surface area contributed by atoms with Crippen molar-refractivity contribution in [3.05, 3.63) is 0 Å². The topological polar surface area (TPSA) is 55.1 Å². The van der Waals surface area contributed by atoms with Crippen molar-refractivity contribution in [1.82, 2.24) is 15.0 Å². The van der Waals surface area contributed by atoms with Crippen molar-refractivity contribution < 1.29 is 4.42 Å². The van der Waals surface area contributed by atoms with E-state index in [1.54, 1.807) is 0 Å². The lowest BCUT2D eigenvalue weighted by Crippen LogP contribution is -2.58. The molecule has 11 rings (SSSR count). The van der Waals surface area contributed by atoms with Crippen molar-refractivity contribution in [1.29, 1.82) is 0 Å². The molecule has 100 heavy (non-hydrogen) atoms. The highest BCUT2D eigenvalue weighted by atomic mass is 16.3. The molecule has 43 heteroatoms.